The molecule has 9 heteroatoms. The molecule has 2 aliphatic rings. The number of nitrogens with zero attached hydrogens (tertiary/aromatic N) is 2. The van der Waals surface area contributed by atoms with Gasteiger partial charge in [0.15, 0.2) is 11.5 Å². The average Bonchev–Trinajstić information content (AvgIpc) is 3.13. The Balaban J connectivity index is 0.00000140. The number of likely N-dealkylation sites (tertiary alicyclic amines) is 1. The molecule has 154 valence electrons. The molecule has 1 unspecified atom stereocenters. The summed E-state index contributed by atoms with van der Waals surface area (Å²) in [6.45, 7) is 6.67. The van der Waals surface area contributed by atoms with E-state index in [1.165, 1.54) is 11.3 Å². The fourth-order valence-corrected chi connectivity index (χ4v) is 4.18. The third kappa shape index (κ3) is 4.38. The quantitative estimate of drug-likeness (QED) is 0.763. The minimum atomic E-state index is -0.0808. The molecule has 2 aliphatic heterocycles. The first-order valence-electron chi connectivity index (χ1n) is 8.84. The number of ether oxygens (including phenoxy) is 2. The summed E-state index contributed by atoms with van der Waals surface area (Å²) in [4.78, 5) is 19.3. The van der Waals surface area contributed by atoms with Crippen LogP contribution in [0.15, 0.2) is 23.6 Å². The number of amides is 1. The summed E-state index contributed by atoms with van der Waals surface area (Å²) < 4.78 is 11.2. The zero-order valence-electron chi connectivity index (χ0n) is 15.8. The van der Waals surface area contributed by atoms with Gasteiger partial charge < -0.3 is 20.1 Å². The summed E-state index contributed by atoms with van der Waals surface area (Å²) in [6, 6.07) is 5.88. The second kappa shape index (κ2) is 8.86. The molecule has 0 saturated carbocycles. The molecule has 28 heavy (non-hydrogen) atoms. The van der Waals surface area contributed by atoms with Crippen molar-refractivity contribution in [3.05, 3.63) is 29.3 Å². The molecule has 1 saturated heterocycles. The van der Waals surface area contributed by atoms with Crippen LogP contribution in [0.1, 0.15) is 30.8 Å². The van der Waals surface area contributed by atoms with E-state index in [0.717, 1.165) is 28.5 Å². The highest BCUT2D eigenvalue weighted by Crippen LogP contribution is 2.36. The van der Waals surface area contributed by atoms with Gasteiger partial charge in [-0.2, -0.15) is 0 Å². The number of benzene rings is 1. The van der Waals surface area contributed by atoms with Crippen LogP contribution in [-0.2, 0) is 0 Å². The van der Waals surface area contributed by atoms with Crippen LogP contribution in [0.2, 0.25) is 0 Å². The maximum absolute atomic E-state index is 12.9. The predicted molar refractivity (Wildman–Crippen MR) is 115 cm³/mol. The van der Waals surface area contributed by atoms with Crippen molar-refractivity contribution in [2.24, 2.45) is 11.1 Å². The standard InChI is InChI=1S/C19H23N3O3S.2ClH/c1-19(2)11-22(6-5-16(19)20)18(23)13-10-26-17(21-13)12-3-4-14-15(9-12)25-8-7-24-14;;/h3-4,9-10,16H,5-8,11,20H2,1-2H3;2*1H. The van der Waals surface area contributed by atoms with Gasteiger partial charge in [-0.05, 0) is 30.0 Å². The van der Waals surface area contributed by atoms with Crippen LogP contribution in [0.25, 0.3) is 10.6 Å². The number of hydrogen-bond donors (Lipinski definition) is 1. The Bertz CT molecular complexity index is 844. The second-order valence-electron chi connectivity index (χ2n) is 7.51. The number of piperidine rings is 1. The number of fused-ring (bicyclic) bond motifs is 1. The van der Waals surface area contributed by atoms with Crippen molar-refractivity contribution in [1.82, 2.24) is 9.88 Å². The van der Waals surface area contributed by atoms with Crippen molar-refractivity contribution in [2.45, 2.75) is 26.3 Å². The normalized spacial score (nSPS) is 20.0. The summed E-state index contributed by atoms with van der Waals surface area (Å²) in [5.41, 5.74) is 7.52. The minimum absolute atomic E-state index is 0. The SMILES string of the molecule is CC1(C)CN(C(=O)c2csc(-c3ccc4c(c3)OCCO4)n2)CCC1N.Cl.Cl. The third-order valence-electron chi connectivity index (χ3n) is 5.11. The molecule has 3 heterocycles. The molecule has 2 aromatic rings. The molecular weight excluding hydrogens is 421 g/mol. The molecule has 0 spiro atoms. The Morgan fingerprint density at radius 1 is 1.25 bits per heavy atom. The number of nitrogens with two attached hydrogens (primary N) is 1. The maximum Gasteiger partial charge on any atom is 0.273 e. The van der Waals surface area contributed by atoms with Crippen LogP contribution in [0.5, 0.6) is 11.5 Å². The lowest BCUT2D eigenvalue weighted by Crippen LogP contribution is -2.54. The van der Waals surface area contributed by atoms with Gasteiger partial charge in [0.1, 0.15) is 23.9 Å². The number of halogens is 2. The number of aromatic nitrogens is 1. The molecule has 1 aromatic heterocycles. The van der Waals surface area contributed by atoms with E-state index in [4.69, 9.17) is 15.2 Å². The highest BCUT2D eigenvalue weighted by molar-refractivity contribution is 7.13. The van der Waals surface area contributed by atoms with Gasteiger partial charge in [0.2, 0.25) is 0 Å². The van der Waals surface area contributed by atoms with Gasteiger partial charge in [0.05, 0.1) is 0 Å². The van der Waals surface area contributed by atoms with E-state index < -0.39 is 0 Å². The van der Waals surface area contributed by atoms with Crippen LogP contribution < -0.4 is 15.2 Å². The second-order valence-corrected chi connectivity index (χ2v) is 8.36. The zero-order chi connectivity index (χ0) is 18.3. The Hall–Kier alpha value is -1.54. The van der Waals surface area contributed by atoms with E-state index in [1.54, 1.807) is 0 Å². The van der Waals surface area contributed by atoms with Crippen molar-refractivity contribution in [1.29, 1.82) is 0 Å². The molecule has 4 rings (SSSR count). The Morgan fingerprint density at radius 3 is 2.68 bits per heavy atom. The van der Waals surface area contributed by atoms with Gasteiger partial charge in [-0.3, -0.25) is 4.79 Å². The highest BCUT2D eigenvalue weighted by atomic mass is 35.5. The van der Waals surface area contributed by atoms with Crippen molar-refractivity contribution >= 4 is 42.1 Å². The Labute approximate surface area is 181 Å². The number of carbonyl (C=O) groups excluding carboxylic acids is 1. The fourth-order valence-electron chi connectivity index (χ4n) is 3.39. The lowest BCUT2D eigenvalue weighted by Gasteiger charge is -2.42. The van der Waals surface area contributed by atoms with E-state index in [9.17, 15) is 4.79 Å². The average molecular weight is 446 g/mol. The lowest BCUT2D eigenvalue weighted by atomic mass is 9.79. The molecule has 0 radical (unpaired) electrons. The lowest BCUT2D eigenvalue weighted by molar-refractivity contribution is 0.0528. The fraction of sp³-hybridized carbons (Fsp3) is 0.474. The monoisotopic (exact) mass is 445 g/mol. The van der Waals surface area contributed by atoms with Gasteiger partial charge in [0.25, 0.3) is 5.91 Å². The van der Waals surface area contributed by atoms with Crippen molar-refractivity contribution in [3.63, 3.8) is 0 Å². The first-order valence-corrected chi connectivity index (χ1v) is 9.72. The summed E-state index contributed by atoms with van der Waals surface area (Å²) in [5, 5.41) is 2.63. The predicted octanol–water partition coefficient (Wildman–Crippen LogP) is 3.62. The molecule has 0 bridgehead atoms. The summed E-state index contributed by atoms with van der Waals surface area (Å²) in [6.07, 6.45) is 0.817. The summed E-state index contributed by atoms with van der Waals surface area (Å²) in [7, 11) is 0. The van der Waals surface area contributed by atoms with Gasteiger partial charge >= 0.3 is 0 Å². The molecule has 1 aromatic carbocycles. The first kappa shape index (κ1) is 22.7. The zero-order valence-corrected chi connectivity index (χ0v) is 18.3. The molecule has 1 amide bonds. The number of carbonyl (C=O) groups is 1. The third-order valence-corrected chi connectivity index (χ3v) is 6.00. The molecule has 6 nitrogen and oxygen atoms in total. The first-order chi connectivity index (χ1) is 12.4. The van der Waals surface area contributed by atoms with Crippen LogP contribution in [0.4, 0.5) is 0 Å². The molecule has 1 atom stereocenters. The van der Waals surface area contributed by atoms with Gasteiger partial charge in [-0.1, -0.05) is 13.8 Å². The van der Waals surface area contributed by atoms with Crippen LogP contribution >= 0.6 is 36.2 Å². The van der Waals surface area contributed by atoms with Gasteiger partial charge in [0, 0.05) is 30.1 Å². The number of rotatable bonds is 2. The van der Waals surface area contributed by atoms with Crippen LogP contribution in [0.3, 0.4) is 0 Å². The van der Waals surface area contributed by atoms with Crippen LogP contribution in [0, 0.1) is 5.41 Å². The molecule has 1 fully saturated rings. The van der Waals surface area contributed by atoms with Gasteiger partial charge in [-0.25, -0.2) is 4.98 Å². The topological polar surface area (TPSA) is 77.7 Å². The van der Waals surface area contributed by atoms with E-state index in [1.807, 2.05) is 28.5 Å². The molecule has 0 aliphatic carbocycles. The smallest absolute Gasteiger partial charge is 0.273 e. The minimum Gasteiger partial charge on any atom is -0.486 e. The largest absolute Gasteiger partial charge is 0.486 e. The summed E-state index contributed by atoms with van der Waals surface area (Å²) in [5.74, 6) is 1.45. The van der Waals surface area contributed by atoms with Gasteiger partial charge in [-0.15, -0.1) is 36.2 Å². The van der Waals surface area contributed by atoms with Crippen molar-refractivity contribution in [3.8, 4) is 22.1 Å². The number of hydrogen-bond acceptors (Lipinski definition) is 6. The van der Waals surface area contributed by atoms with E-state index in [0.29, 0.717) is 32.0 Å². The van der Waals surface area contributed by atoms with E-state index >= 15 is 0 Å². The molecule has 2 N–H and O–H groups in total. The maximum atomic E-state index is 12.9. The summed E-state index contributed by atoms with van der Waals surface area (Å²) >= 11 is 1.47. The van der Waals surface area contributed by atoms with E-state index in [-0.39, 0.29) is 42.2 Å². The Kier molecular flexibility index (Phi) is 7.20. The van der Waals surface area contributed by atoms with E-state index in [2.05, 4.69) is 18.8 Å². The van der Waals surface area contributed by atoms with Crippen molar-refractivity contribution < 1.29 is 14.3 Å². The highest BCUT2D eigenvalue weighted by Gasteiger charge is 2.36. The van der Waals surface area contributed by atoms with Crippen molar-refractivity contribution in [2.75, 3.05) is 26.3 Å². The Morgan fingerprint density at radius 2 is 1.96 bits per heavy atom. The molecular formula is C19H25Cl2N3O3S. The van der Waals surface area contributed by atoms with Crippen LogP contribution in [-0.4, -0.2) is 48.1 Å². The number of thiazole rings is 1.